The Morgan fingerprint density at radius 3 is 2.35 bits per heavy atom. The van der Waals surface area contributed by atoms with Crippen LogP contribution in [-0.2, 0) is 9.53 Å². The predicted octanol–water partition coefficient (Wildman–Crippen LogP) is 3.44. The molecule has 2 fully saturated rings. The van der Waals surface area contributed by atoms with Gasteiger partial charge in [-0.2, -0.15) is 0 Å². The van der Waals surface area contributed by atoms with Gasteiger partial charge in [-0.25, -0.2) is 0 Å². The van der Waals surface area contributed by atoms with Crippen LogP contribution in [0, 0.1) is 0 Å². The number of ether oxygens (including phenoxy) is 2. The van der Waals surface area contributed by atoms with Crippen molar-refractivity contribution in [2.45, 2.75) is 39.1 Å². The van der Waals surface area contributed by atoms with Crippen molar-refractivity contribution in [3.8, 4) is 5.75 Å². The van der Waals surface area contributed by atoms with Crippen LogP contribution in [0.3, 0.4) is 0 Å². The number of alkyl halides is 3. The Labute approximate surface area is 151 Å². The van der Waals surface area contributed by atoms with E-state index in [1.165, 1.54) is 12.1 Å². The number of halogens is 3. The van der Waals surface area contributed by atoms with Crippen LogP contribution in [0.4, 0.5) is 18.9 Å². The lowest BCUT2D eigenvalue weighted by Crippen LogP contribution is -2.38. The smallest absolute Gasteiger partial charge is 0.464 e. The second-order valence-electron chi connectivity index (χ2n) is 5.96. The summed E-state index contributed by atoms with van der Waals surface area (Å²) in [5.41, 5.74) is 0.866. The van der Waals surface area contributed by atoms with Crippen LogP contribution < -0.4 is 9.64 Å². The van der Waals surface area contributed by atoms with Crippen LogP contribution in [0.2, 0.25) is 0 Å². The first-order valence-electron chi connectivity index (χ1n) is 8.91. The average Bonchev–Trinajstić information content (AvgIpc) is 2.89. The molecule has 2 aliphatic heterocycles. The van der Waals surface area contributed by atoms with E-state index in [1.54, 1.807) is 12.1 Å². The molecule has 2 aliphatic rings. The molecule has 0 saturated carbocycles. The number of benzene rings is 1. The second-order valence-corrected chi connectivity index (χ2v) is 5.96. The Bertz CT molecular complexity index is 578. The van der Waals surface area contributed by atoms with Crippen LogP contribution in [0.25, 0.3) is 0 Å². The minimum atomic E-state index is -4.68. The molecule has 0 N–H and O–H groups in total. The average molecular weight is 374 g/mol. The van der Waals surface area contributed by atoms with Crippen LogP contribution >= 0.6 is 0 Å². The van der Waals surface area contributed by atoms with Crippen molar-refractivity contribution >= 4 is 11.7 Å². The first-order valence-corrected chi connectivity index (χ1v) is 8.91. The van der Waals surface area contributed by atoms with Gasteiger partial charge in [0.15, 0.2) is 0 Å². The van der Waals surface area contributed by atoms with Gasteiger partial charge in [0.05, 0.1) is 12.5 Å². The lowest BCUT2D eigenvalue weighted by Gasteiger charge is -2.26. The third-order valence-corrected chi connectivity index (χ3v) is 4.32. The molecule has 2 saturated heterocycles. The summed E-state index contributed by atoms with van der Waals surface area (Å²) in [7, 11) is 0. The minimum absolute atomic E-state index is 0.139. The number of cyclic esters (lactones) is 1. The number of nitrogens with zero attached hydrogens (tertiary/aromatic N) is 2. The number of rotatable bonds is 3. The molecule has 8 heteroatoms. The van der Waals surface area contributed by atoms with Crippen molar-refractivity contribution in [1.29, 1.82) is 0 Å². The lowest BCUT2D eigenvalue weighted by atomic mass is 10.2. The number of carbonyl (C=O) groups excluding carboxylic acids is 1. The quantitative estimate of drug-likeness (QED) is 0.759. The molecule has 0 aliphatic carbocycles. The van der Waals surface area contributed by atoms with Gasteiger partial charge < -0.3 is 14.4 Å². The van der Waals surface area contributed by atoms with E-state index in [0.29, 0.717) is 13.0 Å². The van der Waals surface area contributed by atoms with Gasteiger partial charge in [0.2, 0.25) is 0 Å². The van der Waals surface area contributed by atoms with Gasteiger partial charge in [0, 0.05) is 31.9 Å². The van der Waals surface area contributed by atoms with Crippen molar-refractivity contribution in [3.63, 3.8) is 0 Å². The second kappa shape index (κ2) is 9.12. The molecule has 0 spiro atoms. The Morgan fingerprint density at radius 2 is 1.77 bits per heavy atom. The lowest BCUT2D eigenvalue weighted by molar-refractivity contribution is -0.274. The SMILES string of the molecule is CC.O=C1CC(N2CCCN(c3ccc(OC(F)(F)F)cc3)CC2)CO1. The topological polar surface area (TPSA) is 42.0 Å². The van der Waals surface area contributed by atoms with E-state index in [9.17, 15) is 18.0 Å². The summed E-state index contributed by atoms with van der Waals surface area (Å²) >= 11 is 0. The highest BCUT2D eigenvalue weighted by molar-refractivity contribution is 5.72. The molecular weight excluding hydrogens is 349 g/mol. The molecule has 1 aromatic carbocycles. The number of carbonyl (C=O) groups is 1. The zero-order valence-corrected chi connectivity index (χ0v) is 15.1. The molecule has 1 unspecified atom stereocenters. The molecule has 26 heavy (non-hydrogen) atoms. The van der Waals surface area contributed by atoms with E-state index in [2.05, 4.69) is 14.5 Å². The van der Waals surface area contributed by atoms with E-state index in [4.69, 9.17) is 4.74 Å². The fourth-order valence-corrected chi connectivity index (χ4v) is 3.15. The zero-order valence-electron chi connectivity index (χ0n) is 15.1. The van der Waals surface area contributed by atoms with Gasteiger partial charge in [0.1, 0.15) is 12.4 Å². The monoisotopic (exact) mass is 374 g/mol. The summed E-state index contributed by atoms with van der Waals surface area (Å²) in [4.78, 5) is 15.6. The van der Waals surface area contributed by atoms with Crippen LogP contribution in [0.1, 0.15) is 26.7 Å². The first kappa shape index (κ1) is 20.4. The number of anilines is 1. The predicted molar refractivity (Wildman–Crippen MR) is 92.2 cm³/mol. The highest BCUT2D eigenvalue weighted by Crippen LogP contribution is 2.26. The van der Waals surface area contributed by atoms with Crippen molar-refractivity contribution in [1.82, 2.24) is 4.90 Å². The van der Waals surface area contributed by atoms with Crippen LogP contribution in [0.5, 0.6) is 5.75 Å². The zero-order chi connectivity index (χ0) is 19.2. The van der Waals surface area contributed by atoms with Gasteiger partial charge >= 0.3 is 12.3 Å². The van der Waals surface area contributed by atoms with E-state index < -0.39 is 6.36 Å². The van der Waals surface area contributed by atoms with E-state index in [1.807, 2.05) is 13.8 Å². The standard InChI is InChI=1S/C16H19F3N2O3.C2H6/c17-16(18,19)24-14-4-2-12(3-5-14)20-6-1-7-21(9-8-20)13-10-15(22)23-11-13;1-2/h2-5,13H,1,6-11H2;1-2H3. The Balaban J connectivity index is 0.00000117. The minimum Gasteiger partial charge on any atom is -0.464 e. The number of hydrogen-bond acceptors (Lipinski definition) is 5. The van der Waals surface area contributed by atoms with Gasteiger partial charge in [-0.05, 0) is 30.7 Å². The van der Waals surface area contributed by atoms with E-state index in [-0.39, 0.29) is 17.8 Å². The van der Waals surface area contributed by atoms with Crippen molar-refractivity contribution in [2.75, 3.05) is 37.7 Å². The highest BCUT2D eigenvalue weighted by Gasteiger charge is 2.32. The number of hydrogen-bond donors (Lipinski definition) is 0. The van der Waals surface area contributed by atoms with Gasteiger partial charge in [0.25, 0.3) is 0 Å². The molecule has 0 radical (unpaired) electrons. The van der Waals surface area contributed by atoms with E-state index >= 15 is 0 Å². The van der Waals surface area contributed by atoms with Gasteiger partial charge in [-0.15, -0.1) is 13.2 Å². The van der Waals surface area contributed by atoms with Crippen molar-refractivity contribution in [3.05, 3.63) is 24.3 Å². The molecule has 2 heterocycles. The number of esters is 1. The van der Waals surface area contributed by atoms with Gasteiger partial charge in [-0.1, -0.05) is 13.8 Å². The highest BCUT2D eigenvalue weighted by atomic mass is 19.4. The summed E-state index contributed by atoms with van der Waals surface area (Å²) in [6.07, 6.45) is -3.32. The van der Waals surface area contributed by atoms with Crippen LogP contribution in [-0.4, -0.2) is 56.1 Å². The Kier molecular flexibility index (Phi) is 7.14. The van der Waals surface area contributed by atoms with Gasteiger partial charge in [-0.3, -0.25) is 9.69 Å². The molecule has 5 nitrogen and oxygen atoms in total. The van der Waals surface area contributed by atoms with E-state index in [0.717, 1.165) is 38.3 Å². The summed E-state index contributed by atoms with van der Waals surface area (Å²) in [5, 5.41) is 0. The molecule has 0 bridgehead atoms. The first-order chi connectivity index (χ1) is 12.4. The molecule has 1 atom stereocenters. The molecular formula is C18H25F3N2O3. The maximum atomic E-state index is 12.2. The largest absolute Gasteiger partial charge is 0.573 e. The summed E-state index contributed by atoms with van der Waals surface area (Å²) in [6.45, 7) is 7.69. The Morgan fingerprint density at radius 1 is 1.08 bits per heavy atom. The maximum absolute atomic E-state index is 12.2. The normalized spacial score (nSPS) is 21.5. The molecule has 0 aromatic heterocycles. The van der Waals surface area contributed by atoms with Crippen LogP contribution in [0.15, 0.2) is 24.3 Å². The fourth-order valence-electron chi connectivity index (χ4n) is 3.15. The summed E-state index contributed by atoms with van der Waals surface area (Å²) in [6, 6.07) is 6.07. The van der Waals surface area contributed by atoms with Crippen molar-refractivity contribution < 1.29 is 27.4 Å². The maximum Gasteiger partial charge on any atom is 0.573 e. The third kappa shape index (κ3) is 5.79. The molecule has 1 aromatic rings. The summed E-state index contributed by atoms with van der Waals surface area (Å²) in [5.74, 6) is -0.370. The summed E-state index contributed by atoms with van der Waals surface area (Å²) < 4.78 is 45.5. The van der Waals surface area contributed by atoms with Crippen molar-refractivity contribution in [2.24, 2.45) is 0 Å². The fraction of sp³-hybridized carbons (Fsp3) is 0.611. The Hall–Kier alpha value is -1.96. The molecule has 146 valence electrons. The molecule has 0 amide bonds. The third-order valence-electron chi connectivity index (χ3n) is 4.32. The molecule has 3 rings (SSSR count).